The molecule has 0 fully saturated rings. The lowest BCUT2D eigenvalue weighted by molar-refractivity contribution is -0.147. The van der Waals surface area contributed by atoms with Crippen LogP contribution in [0, 0.1) is 10.3 Å². The molecule has 0 aromatic rings. The highest BCUT2D eigenvalue weighted by atomic mass is 16.4. The second-order valence-corrected chi connectivity index (χ2v) is 8.47. The molecule has 0 aliphatic carbocycles. The number of carboxylic acids is 1. The molecular formula is C21H39NO3. The Hall–Kier alpha value is -1.19. The summed E-state index contributed by atoms with van der Waals surface area (Å²) in [6.45, 7) is 7.40. The van der Waals surface area contributed by atoms with Crippen molar-refractivity contribution in [2.75, 3.05) is 0 Å². The summed E-state index contributed by atoms with van der Waals surface area (Å²) in [5.41, 5.74) is -0.983. The summed E-state index contributed by atoms with van der Waals surface area (Å²) in [7, 11) is 0. The highest BCUT2D eigenvalue weighted by Crippen LogP contribution is 2.24. The second-order valence-electron chi connectivity index (χ2n) is 8.47. The molecule has 4 heteroatoms. The van der Waals surface area contributed by atoms with Gasteiger partial charge in [-0.1, -0.05) is 55.9 Å². The fourth-order valence-electron chi connectivity index (χ4n) is 2.74. The molecule has 146 valence electrons. The van der Waals surface area contributed by atoms with E-state index in [1.807, 2.05) is 13.8 Å². The molecule has 0 aliphatic heterocycles. The Labute approximate surface area is 154 Å². The number of nitrogens with zero attached hydrogens (tertiary/aromatic N) is 1. The molecule has 25 heavy (non-hydrogen) atoms. The van der Waals surface area contributed by atoms with E-state index in [-0.39, 0.29) is 0 Å². The smallest absolute Gasteiger partial charge is 0.309 e. The maximum Gasteiger partial charge on any atom is 0.309 e. The number of unbranched alkanes of at least 4 members (excludes halogenated alkanes) is 8. The van der Waals surface area contributed by atoms with Crippen molar-refractivity contribution < 1.29 is 9.90 Å². The molecule has 0 atom stereocenters. The molecule has 0 unspecified atom stereocenters. The summed E-state index contributed by atoms with van der Waals surface area (Å²) in [5, 5.41) is 12.2. The second kappa shape index (κ2) is 13.1. The topological polar surface area (TPSA) is 66.7 Å². The molecule has 0 saturated heterocycles. The van der Waals surface area contributed by atoms with Crippen molar-refractivity contribution in [1.82, 2.24) is 0 Å². The molecule has 0 radical (unpaired) electrons. The minimum atomic E-state index is -0.695. The van der Waals surface area contributed by atoms with Gasteiger partial charge in [0.25, 0.3) is 0 Å². The average molecular weight is 354 g/mol. The van der Waals surface area contributed by atoms with Gasteiger partial charge in [-0.05, 0) is 66.2 Å². The Kier molecular flexibility index (Phi) is 12.5. The number of carbonyl (C=O) groups is 1. The van der Waals surface area contributed by atoms with Crippen LogP contribution in [0.4, 0.5) is 0 Å². The third-order valence-corrected chi connectivity index (χ3v) is 4.82. The summed E-state index contributed by atoms with van der Waals surface area (Å²) < 4.78 is 0. The summed E-state index contributed by atoms with van der Waals surface area (Å²) in [6.07, 6.45) is 17.7. The van der Waals surface area contributed by atoms with E-state index in [4.69, 9.17) is 5.11 Å². The molecule has 0 aromatic heterocycles. The third kappa shape index (κ3) is 13.7. The first-order chi connectivity index (χ1) is 11.7. The Morgan fingerprint density at radius 1 is 0.800 bits per heavy atom. The summed E-state index contributed by atoms with van der Waals surface area (Å²) in [5.74, 6) is -0.695. The quantitative estimate of drug-likeness (QED) is 0.187. The number of hydrogen-bond donors (Lipinski definition) is 1. The normalized spacial score (nSPS) is 12.6. The van der Waals surface area contributed by atoms with E-state index in [0.717, 1.165) is 44.9 Å². The number of hydrogen-bond acceptors (Lipinski definition) is 3. The van der Waals surface area contributed by atoms with Gasteiger partial charge in [-0.25, -0.2) is 0 Å². The van der Waals surface area contributed by atoms with Crippen molar-refractivity contribution in [3.8, 4) is 0 Å². The van der Waals surface area contributed by atoms with Gasteiger partial charge in [0.05, 0.1) is 11.0 Å². The van der Waals surface area contributed by atoms with E-state index in [1.165, 1.54) is 32.1 Å². The monoisotopic (exact) mass is 353 g/mol. The van der Waals surface area contributed by atoms with E-state index in [0.29, 0.717) is 0 Å². The molecule has 1 N–H and O–H groups in total. The standard InChI is InChI=1S/C21H39NO3/c1-20(2,19(23)24)17-15-13-11-9-7-5-6-8-10-12-14-16-18-21(3,4)22-25/h5-6H,7-18H2,1-4H3,(H,23,24)/b6-5-. The molecule has 0 amide bonds. The van der Waals surface area contributed by atoms with Crippen LogP contribution in [-0.4, -0.2) is 16.6 Å². The highest BCUT2D eigenvalue weighted by Gasteiger charge is 2.25. The Morgan fingerprint density at radius 2 is 1.24 bits per heavy atom. The largest absolute Gasteiger partial charge is 0.481 e. The average Bonchev–Trinajstić information content (AvgIpc) is 2.54. The molecule has 0 spiro atoms. The Balaban J connectivity index is 3.39. The van der Waals surface area contributed by atoms with Gasteiger partial charge in [-0.15, -0.1) is 0 Å². The fourth-order valence-corrected chi connectivity index (χ4v) is 2.74. The van der Waals surface area contributed by atoms with Crippen molar-refractivity contribution in [3.05, 3.63) is 17.1 Å². The predicted octanol–water partition coefficient (Wildman–Crippen LogP) is 6.88. The van der Waals surface area contributed by atoms with Crippen LogP contribution in [-0.2, 0) is 4.79 Å². The van der Waals surface area contributed by atoms with E-state index < -0.39 is 16.9 Å². The number of carboxylic acid groups (broad SMARTS) is 1. The van der Waals surface area contributed by atoms with Crippen LogP contribution in [0.25, 0.3) is 0 Å². The van der Waals surface area contributed by atoms with E-state index in [2.05, 4.69) is 17.3 Å². The molecule has 0 rings (SSSR count). The third-order valence-electron chi connectivity index (χ3n) is 4.82. The molecular weight excluding hydrogens is 314 g/mol. The minimum absolute atomic E-state index is 0.400. The zero-order valence-corrected chi connectivity index (χ0v) is 16.9. The van der Waals surface area contributed by atoms with Crippen LogP contribution in [0.15, 0.2) is 17.3 Å². The fraction of sp³-hybridized carbons (Fsp3) is 0.857. The number of nitroso groups, excluding NO2 is 1. The van der Waals surface area contributed by atoms with Crippen LogP contribution in [0.2, 0.25) is 0 Å². The molecule has 0 saturated carbocycles. The first-order valence-corrected chi connectivity index (χ1v) is 9.94. The summed E-state index contributed by atoms with van der Waals surface area (Å²) >= 11 is 0. The predicted molar refractivity (Wildman–Crippen MR) is 106 cm³/mol. The van der Waals surface area contributed by atoms with E-state index in [1.54, 1.807) is 13.8 Å². The van der Waals surface area contributed by atoms with Gasteiger partial charge < -0.3 is 5.11 Å². The van der Waals surface area contributed by atoms with Gasteiger partial charge in [-0.2, -0.15) is 4.91 Å². The number of allylic oxidation sites excluding steroid dienone is 2. The maximum absolute atomic E-state index is 11.0. The van der Waals surface area contributed by atoms with E-state index >= 15 is 0 Å². The van der Waals surface area contributed by atoms with E-state index in [9.17, 15) is 9.70 Å². The lowest BCUT2D eigenvalue weighted by Gasteiger charge is -2.18. The van der Waals surface area contributed by atoms with Crippen molar-refractivity contribution in [1.29, 1.82) is 0 Å². The highest BCUT2D eigenvalue weighted by molar-refractivity contribution is 5.73. The van der Waals surface area contributed by atoms with Gasteiger partial charge in [-0.3, -0.25) is 4.79 Å². The number of aliphatic carboxylic acids is 1. The van der Waals surface area contributed by atoms with Gasteiger partial charge >= 0.3 is 5.97 Å². The van der Waals surface area contributed by atoms with Crippen LogP contribution in [0.3, 0.4) is 0 Å². The van der Waals surface area contributed by atoms with Gasteiger partial charge in [0, 0.05) is 0 Å². The summed E-state index contributed by atoms with van der Waals surface area (Å²) in [6, 6.07) is 0. The van der Waals surface area contributed by atoms with Crippen molar-refractivity contribution in [2.45, 2.75) is 110 Å². The Bertz CT molecular complexity index is 400. The molecule has 4 nitrogen and oxygen atoms in total. The SMILES string of the molecule is CC(C)(CCCCCC/C=C\CCCCCCC(C)(C)C(=O)O)N=O. The van der Waals surface area contributed by atoms with Gasteiger partial charge in [0.15, 0.2) is 0 Å². The zero-order chi connectivity index (χ0) is 19.2. The van der Waals surface area contributed by atoms with Crippen LogP contribution in [0.1, 0.15) is 105 Å². The van der Waals surface area contributed by atoms with Gasteiger partial charge in [0.1, 0.15) is 0 Å². The lowest BCUT2D eigenvalue weighted by atomic mass is 9.87. The zero-order valence-electron chi connectivity index (χ0n) is 16.9. The van der Waals surface area contributed by atoms with Crippen LogP contribution in [0.5, 0.6) is 0 Å². The molecule has 0 aliphatic rings. The lowest BCUT2D eigenvalue weighted by Crippen LogP contribution is -2.23. The Morgan fingerprint density at radius 3 is 1.68 bits per heavy atom. The maximum atomic E-state index is 11.0. The number of rotatable bonds is 16. The van der Waals surface area contributed by atoms with Crippen molar-refractivity contribution in [2.24, 2.45) is 10.6 Å². The first kappa shape index (κ1) is 23.8. The van der Waals surface area contributed by atoms with Crippen LogP contribution >= 0.6 is 0 Å². The minimum Gasteiger partial charge on any atom is -0.481 e. The van der Waals surface area contributed by atoms with Crippen molar-refractivity contribution >= 4 is 5.97 Å². The van der Waals surface area contributed by atoms with Crippen LogP contribution < -0.4 is 0 Å². The van der Waals surface area contributed by atoms with Crippen molar-refractivity contribution in [3.63, 3.8) is 0 Å². The summed E-state index contributed by atoms with van der Waals surface area (Å²) in [4.78, 5) is 21.6. The molecule has 0 heterocycles. The molecule has 0 bridgehead atoms. The molecule has 0 aromatic carbocycles. The first-order valence-electron chi connectivity index (χ1n) is 9.94. The van der Waals surface area contributed by atoms with Gasteiger partial charge in [0.2, 0.25) is 0 Å².